The van der Waals surface area contributed by atoms with Crippen molar-refractivity contribution in [2.24, 2.45) is 0 Å². The fourth-order valence-corrected chi connectivity index (χ4v) is 2.46. The van der Waals surface area contributed by atoms with Crippen LogP contribution in [0.2, 0.25) is 0 Å². The molecule has 7 heteroatoms. The van der Waals surface area contributed by atoms with Gasteiger partial charge in [0.25, 0.3) is 0 Å². The normalized spacial score (nSPS) is 9.60. The molecular formula is C18H20BrNO5. The lowest BCUT2D eigenvalue weighted by Crippen LogP contribution is -2.09. The molecule has 0 fully saturated rings. The van der Waals surface area contributed by atoms with Crippen LogP contribution in [0, 0.1) is 13.8 Å². The Morgan fingerprint density at radius 2 is 1.68 bits per heavy atom. The van der Waals surface area contributed by atoms with Crippen LogP contribution < -0.4 is 10.1 Å². The number of nitrogens with one attached hydrogen (secondary N) is 1. The number of rotatable bonds is 4. The van der Waals surface area contributed by atoms with Crippen molar-refractivity contribution in [3.63, 3.8) is 0 Å². The van der Waals surface area contributed by atoms with Crippen molar-refractivity contribution in [3.8, 4) is 5.75 Å². The molecule has 2 aromatic rings. The summed E-state index contributed by atoms with van der Waals surface area (Å²) in [4.78, 5) is 18.2. The fourth-order valence-electron chi connectivity index (χ4n) is 1.88. The minimum Gasteiger partial charge on any atom is -0.496 e. The zero-order valence-corrected chi connectivity index (χ0v) is 15.8. The first-order chi connectivity index (χ1) is 11.7. The molecular weight excluding hydrogens is 390 g/mol. The van der Waals surface area contributed by atoms with Crippen molar-refractivity contribution in [1.29, 1.82) is 0 Å². The van der Waals surface area contributed by atoms with E-state index in [2.05, 4.69) is 65.4 Å². The minimum atomic E-state index is -1.82. The Morgan fingerprint density at radius 3 is 2.16 bits per heavy atom. The molecule has 0 heterocycles. The van der Waals surface area contributed by atoms with Gasteiger partial charge in [-0.15, -0.1) is 0 Å². The molecule has 0 spiro atoms. The third-order valence-electron chi connectivity index (χ3n) is 3.40. The van der Waals surface area contributed by atoms with Gasteiger partial charge in [-0.1, -0.05) is 12.1 Å². The summed E-state index contributed by atoms with van der Waals surface area (Å²) in [6, 6.07) is 12.5. The first-order valence-electron chi connectivity index (χ1n) is 7.34. The molecule has 0 unspecified atom stereocenters. The molecule has 0 amide bonds. The maximum Gasteiger partial charge on any atom is 0.414 e. The molecule has 0 saturated heterocycles. The molecule has 0 aliphatic heterocycles. The summed E-state index contributed by atoms with van der Waals surface area (Å²) in [5, 5.41) is 18.2. The zero-order chi connectivity index (χ0) is 19.0. The average molecular weight is 410 g/mol. The lowest BCUT2D eigenvalue weighted by Gasteiger charge is -2.10. The number of aryl methyl sites for hydroxylation is 2. The largest absolute Gasteiger partial charge is 0.496 e. The predicted octanol–water partition coefficient (Wildman–Crippen LogP) is 3.84. The molecule has 0 saturated carbocycles. The van der Waals surface area contributed by atoms with Gasteiger partial charge in [0.05, 0.1) is 11.6 Å². The molecule has 0 aliphatic rings. The minimum absolute atomic E-state index is 0.797. The first-order valence-corrected chi connectivity index (χ1v) is 8.13. The second kappa shape index (κ2) is 9.68. The molecule has 25 heavy (non-hydrogen) atoms. The van der Waals surface area contributed by atoms with E-state index in [1.54, 1.807) is 7.11 Å². The molecule has 0 aromatic heterocycles. The van der Waals surface area contributed by atoms with E-state index in [9.17, 15) is 0 Å². The van der Waals surface area contributed by atoms with Gasteiger partial charge in [-0.2, -0.15) is 0 Å². The number of hydrogen-bond acceptors (Lipinski definition) is 4. The summed E-state index contributed by atoms with van der Waals surface area (Å²) in [6.07, 6.45) is 0. The Hall–Kier alpha value is -2.54. The molecule has 0 atom stereocenters. The number of carboxylic acids is 2. The van der Waals surface area contributed by atoms with Gasteiger partial charge < -0.3 is 20.3 Å². The number of ether oxygens (including phenoxy) is 1. The Bertz CT molecular complexity index is 749. The van der Waals surface area contributed by atoms with Crippen molar-refractivity contribution in [3.05, 3.63) is 57.6 Å². The highest BCUT2D eigenvalue weighted by atomic mass is 79.9. The van der Waals surface area contributed by atoms with Crippen LogP contribution in [-0.4, -0.2) is 29.3 Å². The van der Waals surface area contributed by atoms with Gasteiger partial charge in [-0.3, -0.25) is 0 Å². The fraction of sp³-hybridized carbons (Fsp3) is 0.222. The number of aliphatic carboxylic acids is 2. The second-order valence-electron chi connectivity index (χ2n) is 5.23. The predicted molar refractivity (Wildman–Crippen MR) is 99.2 cm³/mol. The standard InChI is InChI=1S/C16H18BrNO.C2H2O4/c1-11-4-6-14(8-12(11)2)18-10-13-5-7-16(19-3)15(17)9-13;3-1(4)2(5)6/h4-9,18H,10H2,1-3H3;(H,3,4)(H,5,6). The Kier molecular flexibility index (Phi) is 7.94. The number of benzene rings is 2. The van der Waals surface area contributed by atoms with Gasteiger partial charge in [-0.25, -0.2) is 9.59 Å². The van der Waals surface area contributed by atoms with Crippen LogP contribution in [0.25, 0.3) is 0 Å². The number of anilines is 1. The summed E-state index contributed by atoms with van der Waals surface area (Å²) >= 11 is 3.50. The van der Waals surface area contributed by atoms with Crippen molar-refractivity contribution in [1.82, 2.24) is 0 Å². The van der Waals surface area contributed by atoms with Crippen LogP contribution in [0.4, 0.5) is 5.69 Å². The first kappa shape index (κ1) is 20.5. The van der Waals surface area contributed by atoms with Gasteiger partial charge >= 0.3 is 11.9 Å². The molecule has 2 aromatic carbocycles. The molecule has 3 N–H and O–H groups in total. The van der Waals surface area contributed by atoms with E-state index < -0.39 is 11.9 Å². The van der Waals surface area contributed by atoms with E-state index in [4.69, 9.17) is 24.5 Å². The lowest BCUT2D eigenvalue weighted by molar-refractivity contribution is -0.159. The molecule has 2 rings (SSSR count). The highest BCUT2D eigenvalue weighted by Gasteiger charge is 2.04. The molecule has 0 radical (unpaired) electrons. The number of hydrogen-bond donors (Lipinski definition) is 3. The van der Waals surface area contributed by atoms with Crippen LogP contribution in [0.3, 0.4) is 0 Å². The number of carboxylic acid groups (broad SMARTS) is 2. The summed E-state index contributed by atoms with van der Waals surface area (Å²) in [5.41, 5.74) is 4.99. The van der Waals surface area contributed by atoms with Crippen LogP contribution in [0.15, 0.2) is 40.9 Å². The molecule has 0 bridgehead atoms. The second-order valence-corrected chi connectivity index (χ2v) is 6.09. The van der Waals surface area contributed by atoms with Gasteiger partial charge in [0.1, 0.15) is 5.75 Å². The SMILES string of the molecule is COc1ccc(CNc2ccc(C)c(C)c2)cc1Br.O=C(O)C(=O)O. The van der Waals surface area contributed by atoms with Crippen LogP contribution in [0.1, 0.15) is 16.7 Å². The van der Waals surface area contributed by atoms with Crippen molar-refractivity contribution >= 4 is 33.6 Å². The molecule has 134 valence electrons. The smallest absolute Gasteiger partial charge is 0.414 e. The zero-order valence-electron chi connectivity index (χ0n) is 14.2. The van der Waals surface area contributed by atoms with Gasteiger partial charge in [0, 0.05) is 12.2 Å². The lowest BCUT2D eigenvalue weighted by atomic mass is 10.1. The maximum atomic E-state index is 9.10. The number of carbonyl (C=O) groups is 2. The topological polar surface area (TPSA) is 95.9 Å². The summed E-state index contributed by atoms with van der Waals surface area (Å²) < 4.78 is 6.21. The van der Waals surface area contributed by atoms with E-state index in [0.29, 0.717) is 0 Å². The summed E-state index contributed by atoms with van der Waals surface area (Å²) in [6.45, 7) is 5.05. The Labute approximate surface area is 154 Å². The van der Waals surface area contributed by atoms with E-state index in [-0.39, 0.29) is 0 Å². The van der Waals surface area contributed by atoms with Crippen molar-refractivity contribution in [2.75, 3.05) is 12.4 Å². The third-order valence-corrected chi connectivity index (χ3v) is 4.02. The highest BCUT2D eigenvalue weighted by molar-refractivity contribution is 9.10. The van der Waals surface area contributed by atoms with Crippen molar-refractivity contribution in [2.45, 2.75) is 20.4 Å². The highest BCUT2D eigenvalue weighted by Crippen LogP contribution is 2.26. The van der Waals surface area contributed by atoms with Crippen LogP contribution in [0.5, 0.6) is 5.75 Å². The van der Waals surface area contributed by atoms with Gasteiger partial charge in [0.15, 0.2) is 0 Å². The summed E-state index contributed by atoms with van der Waals surface area (Å²) in [7, 11) is 1.67. The third kappa shape index (κ3) is 6.84. The van der Waals surface area contributed by atoms with E-state index >= 15 is 0 Å². The van der Waals surface area contributed by atoms with Crippen LogP contribution >= 0.6 is 15.9 Å². The quantitative estimate of drug-likeness (QED) is 0.663. The average Bonchev–Trinajstić information content (AvgIpc) is 2.56. The Morgan fingerprint density at radius 1 is 1.04 bits per heavy atom. The molecule has 6 nitrogen and oxygen atoms in total. The summed E-state index contributed by atoms with van der Waals surface area (Å²) in [5.74, 6) is -2.79. The van der Waals surface area contributed by atoms with Crippen molar-refractivity contribution < 1.29 is 24.5 Å². The number of methoxy groups -OCH3 is 1. The Balaban J connectivity index is 0.000000450. The van der Waals surface area contributed by atoms with Gasteiger partial charge in [-0.05, 0) is 70.7 Å². The monoisotopic (exact) mass is 409 g/mol. The maximum absolute atomic E-state index is 9.10. The van der Waals surface area contributed by atoms with Gasteiger partial charge in [0.2, 0.25) is 0 Å². The van der Waals surface area contributed by atoms with E-state index in [1.807, 2.05) is 6.07 Å². The molecule has 0 aliphatic carbocycles. The number of halogens is 1. The van der Waals surface area contributed by atoms with E-state index in [0.717, 1.165) is 22.5 Å². The van der Waals surface area contributed by atoms with E-state index in [1.165, 1.54) is 16.7 Å². The van der Waals surface area contributed by atoms with Crippen LogP contribution in [-0.2, 0) is 16.1 Å².